The predicted molar refractivity (Wildman–Crippen MR) is 62.5 cm³/mol. The maximum absolute atomic E-state index is 5.36. The van der Waals surface area contributed by atoms with Crippen molar-refractivity contribution in [3.05, 3.63) is 55.0 Å². The van der Waals surface area contributed by atoms with Crippen LogP contribution >= 0.6 is 0 Å². The van der Waals surface area contributed by atoms with Crippen molar-refractivity contribution in [3.8, 4) is 22.6 Å². The van der Waals surface area contributed by atoms with Crippen LogP contribution < -0.4 is 9.47 Å². The molecule has 0 bridgehead atoms. The van der Waals surface area contributed by atoms with Gasteiger partial charge in [-0.05, 0) is 35.7 Å². The summed E-state index contributed by atoms with van der Waals surface area (Å²) in [4.78, 5) is 0. The zero-order valence-electron chi connectivity index (χ0n) is 8.77. The number of rotatable bonds is 1. The van der Waals surface area contributed by atoms with Crippen LogP contribution in [0.4, 0.5) is 0 Å². The van der Waals surface area contributed by atoms with Crippen LogP contribution in [0.2, 0.25) is 0 Å². The van der Waals surface area contributed by atoms with Gasteiger partial charge in [-0.3, -0.25) is 0 Å². The fourth-order valence-corrected chi connectivity index (χ4v) is 1.87. The largest absolute Gasteiger partial charge is 0.454 e. The first kappa shape index (κ1) is 9.28. The third-order valence-corrected chi connectivity index (χ3v) is 2.70. The molecule has 0 aromatic heterocycles. The van der Waals surface area contributed by atoms with Crippen molar-refractivity contribution in [3.63, 3.8) is 0 Å². The maximum atomic E-state index is 5.36. The Morgan fingerprint density at radius 2 is 1.75 bits per heavy atom. The minimum absolute atomic E-state index is 0.310. The lowest BCUT2D eigenvalue weighted by atomic mass is 10.0. The van der Waals surface area contributed by atoms with Crippen LogP contribution in [0.3, 0.4) is 0 Å². The molecule has 1 aliphatic rings. The lowest BCUT2D eigenvalue weighted by Crippen LogP contribution is -1.92. The van der Waals surface area contributed by atoms with Gasteiger partial charge >= 0.3 is 0 Å². The Kier molecular flexibility index (Phi) is 2.07. The van der Waals surface area contributed by atoms with Gasteiger partial charge in [0.25, 0.3) is 0 Å². The molecule has 2 nitrogen and oxygen atoms in total. The third-order valence-electron chi connectivity index (χ3n) is 2.70. The SMILES string of the molecule is [CH2]c1ccccc1-c1ccc2c(c1)OCO2. The molecule has 0 N–H and O–H groups in total. The van der Waals surface area contributed by atoms with Gasteiger partial charge in [0.1, 0.15) is 0 Å². The Morgan fingerprint density at radius 3 is 2.62 bits per heavy atom. The van der Waals surface area contributed by atoms with Crippen LogP contribution in [0, 0.1) is 6.92 Å². The van der Waals surface area contributed by atoms with Crippen molar-refractivity contribution in [2.75, 3.05) is 6.79 Å². The summed E-state index contributed by atoms with van der Waals surface area (Å²) >= 11 is 0. The van der Waals surface area contributed by atoms with E-state index < -0.39 is 0 Å². The monoisotopic (exact) mass is 211 g/mol. The van der Waals surface area contributed by atoms with Gasteiger partial charge in [0.2, 0.25) is 6.79 Å². The Balaban J connectivity index is 2.11. The zero-order chi connectivity index (χ0) is 11.0. The summed E-state index contributed by atoms with van der Waals surface area (Å²) in [6, 6.07) is 14.0. The predicted octanol–water partition coefficient (Wildman–Crippen LogP) is 3.26. The average Bonchev–Trinajstić information content (AvgIpc) is 2.76. The number of ether oxygens (including phenoxy) is 2. The van der Waals surface area contributed by atoms with E-state index in [-0.39, 0.29) is 0 Å². The van der Waals surface area contributed by atoms with Gasteiger partial charge in [0.15, 0.2) is 11.5 Å². The van der Waals surface area contributed by atoms with Gasteiger partial charge in [0, 0.05) is 0 Å². The normalized spacial score (nSPS) is 12.8. The van der Waals surface area contributed by atoms with Gasteiger partial charge < -0.3 is 9.47 Å². The van der Waals surface area contributed by atoms with Crippen molar-refractivity contribution in [2.45, 2.75) is 0 Å². The van der Waals surface area contributed by atoms with E-state index in [9.17, 15) is 0 Å². The first-order valence-corrected chi connectivity index (χ1v) is 5.15. The lowest BCUT2D eigenvalue weighted by molar-refractivity contribution is 0.174. The first-order valence-electron chi connectivity index (χ1n) is 5.15. The van der Waals surface area contributed by atoms with Crippen molar-refractivity contribution >= 4 is 0 Å². The van der Waals surface area contributed by atoms with Crippen LogP contribution in [0.5, 0.6) is 11.5 Å². The van der Waals surface area contributed by atoms with Gasteiger partial charge in [0.05, 0.1) is 0 Å². The van der Waals surface area contributed by atoms with Crippen LogP contribution in [0.15, 0.2) is 42.5 Å². The van der Waals surface area contributed by atoms with Crippen LogP contribution in [-0.2, 0) is 0 Å². The second-order valence-corrected chi connectivity index (χ2v) is 3.73. The van der Waals surface area contributed by atoms with Crippen molar-refractivity contribution in [1.82, 2.24) is 0 Å². The molecular weight excluding hydrogens is 200 g/mol. The molecule has 1 heterocycles. The molecule has 16 heavy (non-hydrogen) atoms. The molecule has 0 saturated carbocycles. The van der Waals surface area contributed by atoms with Crippen molar-refractivity contribution < 1.29 is 9.47 Å². The number of fused-ring (bicyclic) bond motifs is 1. The molecular formula is C14H11O2. The highest BCUT2D eigenvalue weighted by atomic mass is 16.7. The van der Waals surface area contributed by atoms with Crippen LogP contribution in [-0.4, -0.2) is 6.79 Å². The Labute approximate surface area is 94.4 Å². The molecule has 3 rings (SSSR count). The molecule has 0 saturated heterocycles. The van der Waals surface area contributed by atoms with E-state index in [1.54, 1.807) is 0 Å². The summed E-state index contributed by atoms with van der Waals surface area (Å²) in [6.07, 6.45) is 0. The Morgan fingerprint density at radius 1 is 0.938 bits per heavy atom. The summed E-state index contributed by atoms with van der Waals surface area (Å²) in [6.45, 7) is 4.33. The average molecular weight is 211 g/mol. The molecule has 0 atom stereocenters. The molecule has 79 valence electrons. The van der Waals surface area contributed by atoms with Gasteiger partial charge in [-0.25, -0.2) is 0 Å². The fourth-order valence-electron chi connectivity index (χ4n) is 1.87. The summed E-state index contributed by atoms with van der Waals surface area (Å²) < 4.78 is 10.6. The minimum Gasteiger partial charge on any atom is -0.454 e. The molecule has 2 heteroatoms. The lowest BCUT2D eigenvalue weighted by Gasteiger charge is -2.06. The second kappa shape index (κ2) is 3.56. The summed E-state index contributed by atoms with van der Waals surface area (Å²) in [7, 11) is 0. The van der Waals surface area contributed by atoms with Crippen molar-refractivity contribution in [2.24, 2.45) is 0 Å². The van der Waals surface area contributed by atoms with Gasteiger partial charge in [-0.2, -0.15) is 0 Å². The minimum atomic E-state index is 0.310. The number of benzene rings is 2. The third kappa shape index (κ3) is 1.43. The standard InChI is InChI=1S/C14H11O2/c1-10-4-2-3-5-12(10)11-6-7-13-14(8-11)16-9-15-13/h2-8H,1,9H2. The smallest absolute Gasteiger partial charge is 0.231 e. The van der Waals surface area contributed by atoms with E-state index in [1.807, 2.05) is 36.4 Å². The first-order chi connectivity index (χ1) is 7.84. The van der Waals surface area contributed by atoms with E-state index in [1.165, 1.54) is 0 Å². The van der Waals surface area contributed by atoms with E-state index in [2.05, 4.69) is 13.0 Å². The molecule has 2 aromatic carbocycles. The Bertz CT molecular complexity index is 532. The van der Waals surface area contributed by atoms with Gasteiger partial charge in [-0.1, -0.05) is 30.3 Å². The summed E-state index contributed by atoms with van der Waals surface area (Å²) in [5, 5.41) is 0. The Hall–Kier alpha value is -1.96. The topological polar surface area (TPSA) is 18.5 Å². The van der Waals surface area contributed by atoms with E-state index in [0.717, 1.165) is 28.2 Å². The molecule has 1 radical (unpaired) electrons. The van der Waals surface area contributed by atoms with E-state index in [0.29, 0.717) is 6.79 Å². The highest BCUT2D eigenvalue weighted by molar-refractivity contribution is 5.71. The molecule has 2 aromatic rings. The van der Waals surface area contributed by atoms with E-state index in [4.69, 9.17) is 9.47 Å². The molecule has 0 spiro atoms. The highest BCUT2D eigenvalue weighted by Crippen LogP contribution is 2.36. The fraction of sp³-hybridized carbons (Fsp3) is 0.0714. The molecule has 0 amide bonds. The van der Waals surface area contributed by atoms with Gasteiger partial charge in [-0.15, -0.1) is 0 Å². The summed E-state index contributed by atoms with van der Waals surface area (Å²) in [5.41, 5.74) is 3.25. The maximum Gasteiger partial charge on any atom is 0.231 e. The second-order valence-electron chi connectivity index (χ2n) is 3.73. The number of hydrogen-bond donors (Lipinski definition) is 0. The van der Waals surface area contributed by atoms with E-state index >= 15 is 0 Å². The molecule has 0 aliphatic carbocycles. The van der Waals surface area contributed by atoms with Crippen LogP contribution in [0.1, 0.15) is 5.56 Å². The number of hydrogen-bond acceptors (Lipinski definition) is 2. The summed E-state index contributed by atoms with van der Waals surface area (Å²) in [5.74, 6) is 1.62. The van der Waals surface area contributed by atoms with Crippen LogP contribution in [0.25, 0.3) is 11.1 Å². The molecule has 1 aliphatic heterocycles. The van der Waals surface area contributed by atoms with Crippen molar-refractivity contribution in [1.29, 1.82) is 0 Å². The molecule has 0 fully saturated rings. The quantitative estimate of drug-likeness (QED) is 0.720. The molecule has 0 unspecified atom stereocenters. The highest BCUT2D eigenvalue weighted by Gasteiger charge is 2.14. The zero-order valence-corrected chi connectivity index (χ0v) is 8.77.